The van der Waals surface area contributed by atoms with Gasteiger partial charge in [0.15, 0.2) is 0 Å². The first kappa shape index (κ1) is 18.1. The highest BCUT2D eigenvalue weighted by Crippen LogP contribution is 2.27. The normalized spacial score (nSPS) is 11.8. The highest BCUT2D eigenvalue weighted by Gasteiger charge is 2.29. The zero-order chi connectivity index (χ0) is 18.9. The number of rotatable bonds is 5. The summed E-state index contributed by atoms with van der Waals surface area (Å²) in [6.07, 6.45) is 1.37. The Morgan fingerprint density at radius 1 is 1.19 bits per heavy atom. The number of anilines is 1. The van der Waals surface area contributed by atoms with Gasteiger partial charge in [-0.1, -0.05) is 24.3 Å². The van der Waals surface area contributed by atoms with Crippen molar-refractivity contribution in [3.05, 3.63) is 59.9 Å². The van der Waals surface area contributed by atoms with Crippen LogP contribution in [0.15, 0.2) is 58.0 Å². The van der Waals surface area contributed by atoms with E-state index in [1.54, 1.807) is 0 Å². The van der Waals surface area contributed by atoms with Gasteiger partial charge in [-0.15, -0.1) is 0 Å². The van der Waals surface area contributed by atoms with Crippen LogP contribution in [0.1, 0.15) is 11.1 Å². The molecule has 3 aromatic rings. The second-order valence-electron chi connectivity index (χ2n) is 5.79. The predicted octanol–water partition coefficient (Wildman–Crippen LogP) is 3.92. The molecule has 1 amide bonds. The van der Waals surface area contributed by atoms with Gasteiger partial charge in [0.05, 0.1) is 23.3 Å². The number of halogens is 2. The van der Waals surface area contributed by atoms with Crippen molar-refractivity contribution >= 4 is 32.4 Å². The maximum Gasteiger partial charge on any atom is 0.341 e. The van der Waals surface area contributed by atoms with E-state index in [9.17, 15) is 22.0 Å². The van der Waals surface area contributed by atoms with Gasteiger partial charge in [-0.25, -0.2) is 8.42 Å². The fraction of sp³-hybridized carbons (Fsp3) is 0.167. The van der Waals surface area contributed by atoms with E-state index in [2.05, 4.69) is 5.32 Å². The van der Waals surface area contributed by atoms with E-state index in [0.717, 1.165) is 17.0 Å². The highest BCUT2D eigenvalue weighted by molar-refractivity contribution is 7.91. The summed E-state index contributed by atoms with van der Waals surface area (Å²) in [7, 11) is -4.82. The van der Waals surface area contributed by atoms with Crippen molar-refractivity contribution in [1.29, 1.82) is 0 Å². The first-order valence-corrected chi connectivity index (χ1v) is 9.21. The summed E-state index contributed by atoms with van der Waals surface area (Å²) in [6, 6.07) is 10.6. The molecule has 1 aromatic heterocycles. The van der Waals surface area contributed by atoms with Crippen LogP contribution in [-0.2, 0) is 21.1 Å². The van der Waals surface area contributed by atoms with Gasteiger partial charge in [-0.2, -0.15) is 8.78 Å². The van der Waals surface area contributed by atoms with Crippen molar-refractivity contribution in [2.75, 3.05) is 5.32 Å². The van der Waals surface area contributed by atoms with Crippen molar-refractivity contribution < 1.29 is 26.4 Å². The van der Waals surface area contributed by atoms with Crippen LogP contribution in [0.3, 0.4) is 0 Å². The number of benzene rings is 2. The highest BCUT2D eigenvalue weighted by atomic mass is 32.2. The Balaban J connectivity index is 1.85. The summed E-state index contributed by atoms with van der Waals surface area (Å²) in [5.74, 6) is -4.10. The quantitative estimate of drug-likeness (QED) is 0.729. The molecule has 1 heterocycles. The van der Waals surface area contributed by atoms with Crippen LogP contribution in [0.4, 0.5) is 14.5 Å². The molecule has 136 valence electrons. The minimum absolute atomic E-state index is 0.0842. The molecule has 0 radical (unpaired) electrons. The lowest BCUT2D eigenvalue weighted by Crippen LogP contribution is -2.19. The molecule has 3 rings (SSSR count). The van der Waals surface area contributed by atoms with Crippen LogP contribution in [0.2, 0.25) is 0 Å². The van der Waals surface area contributed by atoms with Gasteiger partial charge in [0, 0.05) is 10.9 Å². The van der Waals surface area contributed by atoms with Crippen molar-refractivity contribution in [2.45, 2.75) is 24.0 Å². The van der Waals surface area contributed by atoms with Crippen molar-refractivity contribution in [3.8, 4) is 0 Å². The molecule has 0 saturated carbocycles. The number of fused-ring (bicyclic) bond motifs is 1. The third kappa shape index (κ3) is 3.45. The number of alkyl halides is 2. The summed E-state index contributed by atoms with van der Waals surface area (Å²) in [5, 5.41) is 3.16. The Morgan fingerprint density at radius 2 is 1.92 bits per heavy atom. The van der Waals surface area contributed by atoms with Crippen LogP contribution < -0.4 is 5.32 Å². The number of carbonyl (C=O) groups is 1. The van der Waals surface area contributed by atoms with Gasteiger partial charge in [-0.05, 0) is 30.7 Å². The number of amides is 1. The number of carbonyl (C=O) groups excluding carboxylic acids is 1. The molecule has 0 aliphatic carbocycles. The topological polar surface area (TPSA) is 76.4 Å². The zero-order valence-electron chi connectivity index (χ0n) is 13.7. The predicted molar refractivity (Wildman–Crippen MR) is 92.9 cm³/mol. The Kier molecular flexibility index (Phi) is 4.78. The molecule has 5 nitrogen and oxygen atoms in total. The Bertz CT molecular complexity index is 1070. The Hall–Kier alpha value is -2.74. The summed E-state index contributed by atoms with van der Waals surface area (Å²) in [6.45, 7) is 1.91. The number of nitrogens with one attached hydrogen (secondary N) is 1. The average molecular weight is 379 g/mol. The second kappa shape index (κ2) is 6.87. The lowest BCUT2D eigenvalue weighted by Gasteiger charge is -2.11. The molecule has 1 N–H and O–H groups in total. The monoisotopic (exact) mass is 379 g/mol. The molecule has 0 saturated heterocycles. The summed E-state index contributed by atoms with van der Waals surface area (Å²) < 4.78 is 54.5. The number of aryl methyl sites for hydroxylation is 1. The van der Waals surface area contributed by atoms with Crippen molar-refractivity contribution in [2.24, 2.45) is 0 Å². The molecule has 0 unspecified atom stereocenters. The third-order valence-electron chi connectivity index (χ3n) is 3.86. The molecule has 0 spiro atoms. The van der Waals surface area contributed by atoms with E-state index in [1.807, 2.05) is 25.1 Å². The van der Waals surface area contributed by atoms with Gasteiger partial charge in [0.25, 0.3) is 0 Å². The average Bonchev–Trinajstić information content (AvgIpc) is 2.96. The minimum atomic E-state index is -4.82. The molecule has 0 aliphatic heterocycles. The van der Waals surface area contributed by atoms with Gasteiger partial charge in [-0.3, -0.25) is 4.79 Å². The fourth-order valence-corrected chi connectivity index (χ4v) is 3.49. The van der Waals surface area contributed by atoms with Gasteiger partial charge >= 0.3 is 5.76 Å². The van der Waals surface area contributed by atoms with E-state index in [1.165, 1.54) is 24.5 Å². The largest absolute Gasteiger partial charge is 0.464 e. The maximum atomic E-state index is 12.8. The maximum absolute atomic E-state index is 12.8. The van der Waals surface area contributed by atoms with Gasteiger partial charge < -0.3 is 9.73 Å². The summed E-state index contributed by atoms with van der Waals surface area (Å²) >= 11 is 0. The third-order valence-corrected chi connectivity index (χ3v) is 5.30. The van der Waals surface area contributed by atoms with Gasteiger partial charge in [0.1, 0.15) is 5.58 Å². The SMILES string of the molecule is Cc1ccc2c(CC(=O)Nc3ccccc3S(=O)(=O)C(F)F)coc2c1. The molecule has 26 heavy (non-hydrogen) atoms. The number of para-hydroxylation sites is 1. The van der Waals surface area contributed by atoms with Crippen LogP contribution in [0.5, 0.6) is 0 Å². The molecular weight excluding hydrogens is 364 g/mol. The zero-order valence-corrected chi connectivity index (χ0v) is 14.5. The minimum Gasteiger partial charge on any atom is -0.464 e. The number of furan rings is 1. The lowest BCUT2D eigenvalue weighted by molar-refractivity contribution is -0.115. The molecule has 8 heteroatoms. The van der Waals surface area contributed by atoms with E-state index in [4.69, 9.17) is 4.42 Å². The molecule has 2 aromatic carbocycles. The Morgan fingerprint density at radius 3 is 2.65 bits per heavy atom. The van der Waals surface area contributed by atoms with Crippen molar-refractivity contribution in [3.63, 3.8) is 0 Å². The smallest absolute Gasteiger partial charge is 0.341 e. The molecule has 0 atom stereocenters. The number of hydrogen-bond acceptors (Lipinski definition) is 4. The lowest BCUT2D eigenvalue weighted by atomic mass is 10.1. The second-order valence-corrected chi connectivity index (χ2v) is 7.67. The molecular formula is C18H15F2NO4S. The first-order valence-electron chi connectivity index (χ1n) is 7.66. The van der Waals surface area contributed by atoms with Crippen LogP contribution in [0.25, 0.3) is 11.0 Å². The Labute approximate surface area is 148 Å². The van der Waals surface area contributed by atoms with E-state index < -0.39 is 26.4 Å². The number of sulfone groups is 1. The molecule has 0 fully saturated rings. The van der Waals surface area contributed by atoms with E-state index >= 15 is 0 Å². The summed E-state index contributed by atoms with van der Waals surface area (Å²) in [5.41, 5.74) is 2.08. The fourth-order valence-electron chi connectivity index (χ4n) is 2.61. The van der Waals surface area contributed by atoms with Gasteiger partial charge in [0.2, 0.25) is 15.7 Å². The number of hydrogen-bond donors (Lipinski definition) is 1. The molecule has 0 bridgehead atoms. The standard InChI is InChI=1S/C18H15F2NO4S/c1-11-6-7-13-12(10-25-15(13)8-11)9-17(22)21-14-4-2-3-5-16(14)26(23,24)18(19)20/h2-8,10,18H,9H2,1H3,(H,21,22). The molecule has 0 aliphatic rings. The van der Waals surface area contributed by atoms with E-state index in [0.29, 0.717) is 11.1 Å². The van der Waals surface area contributed by atoms with Crippen molar-refractivity contribution in [1.82, 2.24) is 0 Å². The van der Waals surface area contributed by atoms with E-state index in [-0.39, 0.29) is 12.1 Å². The van der Waals surface area contributed by atoms with Crippen LogP contribution in [0, 0.1) is 6.92 Å². The van der Waals surface area contributed by atoms with Crippen LogP contribution in [-0.4, -0.2) is 20.1 Å². The first-order chi connectivity index (χ1) is 12.3. The van der Waals surface area contributed by atoms with Crippen LogP contribution >= 0.6 is 0 Å². The summed E-state index contributed by atoms with van der Waals surface area (Å²) in [4.78, 5) is 11.7.